The maximum atomic E-state index is 5.12. The number of rotatable bonds is 2. The molecule has 0 N–H and O–H groups in total. The van der Waals surface area contributed by atoms with Crippen molar-refractivity contribution in [3.8, 4) is 23.0 Å². The van der Waals surface area contributed by atoms with Gasteiger partial charge < -0.3 is 4.52 Å². The molecule has 7 heteroatoms. The van der Waals surface area contributed by atoms with Crippen molar-refractivity contribution in [2.75, 3.05) is 0 Å². The summed E-state index contributed by atoms with van der Waals surface area (Å²) in [5.41, 5.74) is 1.40. The standard InChI is InChI=1S/C10H8N6O/c1-16-6-8(13-15-16)10-12-9(14-17-10)7-2-4-11-5-3-7/h2-6H,1H3. The Hall–Kier alpha value is -2.57. The van der Waals surface area contributed by atoms with Crippen LogP contribution in [-0.2, 0) is 7.05 Å². The third kappa shape index (κ3) is 1.78. The molecule has 0 saturated heterocycles. The van der Waals surface area contributed by atoms with Crippen molar-refractivity contribution >= 4 is 0 Å². The summed E-state index contributed by atoms with van der Waals surface area (Å²) in [5.74, 6) is 0.859. The number of hydrogen-bond acceptors (Lipinski definition) is 6. The first-order valence-corrected chi connectivity index (χ1v) is 4.94. The molecule has 0 aliphatic carbocycles. The number of hydrogen-bond donors (Lipinski definition) is 0. The molecule has 17 heavy (non-hydrogen) atoms. The van der Waals surface area contributed by atoms with Crippen LogP contribution in [0.4, 0.5) is 0 Å². The summed E-state index contributed by atoms with van der Waals surface area (Å²) in [7, 11) is 1.77. The Morgan fingerprint density at radius 2 is 2.06 bits per heavy atom. The minimum Gasteiger partial charge on any atom is -0.332 e. The average molecular weight is 228 g/mol. The first-order valence-electron chi connectivity index (χ1n) is 4.94. The largest absolute Gasteiger partial charge is 0.332 e. The van der Waals surface area contributed by atoms with Gasteiger partial charge in [-0.25, -0.2) is 0 Å². The lowest BCUT2D eigenvalue weighted by atomic mass is 10.2. The molecule has 0 aromatic carbocycles. The highest BCUT2D eigenvalue weighted by Crippen LogP contribution is 2.19. The minimum absolute atomic E-state index is 0.352. The van der Waals surface area contributed by atoms with E-state index in [0.717, 1.165) is 5.56 Å². The smallest absolute Gasteiger partial charge is 0.280 e. The van der Waals surface area contributed by atoms with Crippen LogP contribution in [0.5, 0.6) is 0 Å². The van der Waals surface area contributed by atoms with Gasteiger partial charge in [-0.05, 0) is 12.1 Å². The third-order valence-electron chi connectivity index (χ3n) is 2.19. The van der Waals surface area contributed by atoms with E-state index in [9.17, 15) is 0 Å². The van der Waals surface area contributed by atoms with Gasteiger partial charge in [0.1, 0.15) is 0 Å². The Kier molecular flexibility index (Phi) is 2.14. The number of nitrogens with zero attached hydrogens (tertiary/aromatic N) is 6. The zero-order valence-corrected chi connectivity index (χ0v) is 8.98. The van der Waals surface area contributed by atoms with Crippen molar-refractivity contribution in [2.24, 2.45) is 7.05 Å². The highest BCUT2D eigenvalue weighted by atomic mass is 16.5. The van der Waals surface area contributed by atoms with E-state index in [1.54, 1.807) is 30.3 Å². The van der Waals surface area contributed by atoms with Crippen LogP contribution in [0.15, 0.2) is 35.2 Å². The Morgan fingerprint density at radius 3 is 2.76 bits per heavy atom. The molecule has 0 unspecified atom stereocenters. The van der Waals surface area contributed by atoms with Gasteiger partial charge >= 0.3 is 0 Å². The van der Waals surface area contributed by atoms with Crippen LogP contribution in [0.2, 0.25) is 0 Å². The van der Waals surface area contributed by atoms with Gasteiger partial charge in [0.05, 0.1) is 6.20 Å². The van der Waals surface area contributed by atoms with E-state index in [2.05, 4.69) is 25.4 Å². The second kappa shape index (κ2) is 3.78. The van der Waals surface area contributed by atoms with E-state index >= 15 is 0 Å². The van der Waals surface area contributed by atoms with Crippen LogP contribution in [-0.4, -0.2) is 30.1 Å². The average Bonchev–Trinajstić information content (AvgIpc) is 2.98. The van der Waals surface area contributed by atoms with Crippen molar-refractivity contribution in [1.29, 1.82) is 0 Å². The number of aryl methyl sites for hydroxylation is 1. The summed E-state index contributed by atoms with van der Waals surface area (Å²) >= 11 is 0. The highest BCUT2D eigenvalue weighted by Gasteiger charge is 2.12. The predicted molar refractivity (Wildman–Crippen MR) is 57.5 cm³/mol. The maximum Gasteiger partial charge on any atom is 0.280 e. The molecule has 3 aromatic heterocycles. The molecule has 0 aliphatic rings. The van der Waals surface area contributed by atoms with Crippen molar-refractivity contribution in [2.45, 2.75) is 0 Å². The normalized spacial score (nSPS) is 10.6. The molecule has 0 fully saturated rings. The maximum absolute atomic E-state index is 5.12. The van der Waals surface area contributed by atoms with E-state index in [1.165, 1.54) is 0 Å². The van der Waals surface area contributed by atoms with Gasteiger partial charge in [-0.1, -0.05) is 10.4 Å². The molecule has 7 nitrogen and oxygen atoms in total. The summed E-state index contributed by atoms with van der Waals surface area (Å²) in [6.45, 7) is 0. The minimum atomic E-state index is 0.352. The molecule has 3 heterocycles. The fourth-order valence-corrected chi connectivity index (χ4v) is 1.39. The van der Waals surface area contributed by atoms with Gasteiger partial charge in [0.2, 0.25) is 5.82 Å². The van der Waals surface area contributed by atoms with Crippen molar-refractivity contribution < 1.29 is 4.52 Å². The molecule has 84 valence electrons. The second-order valence-corrected chi connectivity index (χ2v) is 3.44. The van der Waals surface area contributed by atoms with Crippen molar-refractivity contribution in [3.05, 3.63) is 30.7 Å². The SMILES string of the molecule is Cn1cc(-c2nc(-c3ccncc3)no2)nn1. The molecule has 3 aromatic rings. The third-order valence-corrected chi connectivity index (χ3v) is 2.19. The Morgan fingerprint density at radius 1 is 1.24 bits per heavy atom. The summed E-state index contributed by atoms with van der Waals surface area (Å²) in [4.78, 5) is 8.17. The monoisotopic (exact) mass is 228 g/mol. The fraction of sp³-hybridized carbons (Fsp3) is 0.100. The van der Waals surface area contributed by atoms with Crippen molar-refractivity contribution in [3.63, 3.8) is 0 Å². The summed E-state index contributed by atoms with van der Waals surface area (Å²) < 4.78 is 6.70. The van der Waals surface area contributed by atoms with Gasteiger partial charge in [0.25, 0.3) is 5.89 Å². The first kappa shape index (κ1) is 9.64. The Bertz CT molecular complexity index is 629. The van der Waals surface area contributed by atoms with Crippen LogP contribution < -0.4 is 0 Å². The Labute approximate surface area is 96.1 Å². The summed E-state index contributed by atoms with van der Waals surface area (Å²) in [6.07, 6.45) is 5.06. The quantitative estimate of drug-likeness (QED) is 0.648. The molecule has 0 spiro atoms. The lowest BCUT2D eigenvalue weighted by Crippen LogP contribution is -1.85. The molecular formula is C10H8N6O. The van der Waals surface area contributed by atoms with E-state index < -0.39 is 0 Å². The number of pyridine rings is 1. The lowest BCUT2D eigenvalue weighted by molar-refractivity contribution is 0.431. The number of aromatic nitrogens is 6. The molecule has 0 radical (unpaired) electrons. The summed E-state index contributed by atoms with van der Waals surface area (Å²) in [5, 5.41) is 11.6. The zero-order chi connectivity index (χ0) is 11.7. The molecule has 0 saturated carbocycles. The second-order valence-electron chi connectivity index (χ2n) is 3.44. The van der Waals surface area contributed by atoms with Gasteiger partial charge in [-0.15, -0.1) is 5.10 Å². The Balaban J connectivity index is 1.99. The van der Waals surface area contributed by atoms with Crippen LogP contribution in [0, 0.1) is 0 Å². The van der Waals surface area contributed by atoms with Crippen LogP contribution in [0.25, 0.3) is 23.0 Å². The van der Waals surface area contributed by atoms with Crippen molar-refractivity contribution in [1.82, 2.24) is 30.1 Å². The lowest BCUT2D eigenvalue weighted by Gasteiger charge is -1.89. The molecule has 0 aliphatic heterocycles. The molecule has 0 bridgehead atoms. The van der Waals surface area contributed by atoms with Gasteiger partial charge in [-0.2, -0.15) is 4.98 Å². The molecule has 0 atom stereocenters. The van der Waals surface area contributed by atoms with Crippen LogP contribution in [0.3, 0.4) is 0 Å². The zero-order valence-electron chi connectivity index (χ0n) is 8.98. The first-order chi connectivity index (χ1) is 8.33. The van der Waals surface area contributed by atoms with E-state index in [0.29, 0.717) is 17.4 Å². The van der Waals surface area contributed by atoms with E-state index in [-0.39, 0.29) is 0 Å². The van der Waals surface area contributed by atoms with Gasteiger partial charge in [0.15, 0.2) is 5.69 Å². The van der Waals surface area contributed by atoms with Crippen LogP contribution >= 0.6 is 0 Å². The van der Waals surface area contributed by atoms with E-state index in [1.807, 2.05) is 12.1 Å². The topological polar surface area (TPSA) is 82.5 Å². The summed E-state index contributed by atoms with van der Waals surface area (Å²) in [6, 6.07) is 3.62. The van der Waals surface area contributed by atoms with Gasteiger partial charge in [0, 0.05) is 25.0 Å². The molecular weight excluding hydrogens is 220 g/mol. The molecule has 3 rings (SSSR count). The van der Waals surface area contributed by atoms with E-state index in [4.69, 9.17) is 4.52 Å². The highest BCUT2D eigenvalue weighted by molar-refractivity contribution is 5.56. The predicted octanol–water partition coefficient (Wildman–Crippen LogP) is 0.927. The fourth-order valence-electron chi connectivity index (χ4n) is 1.39. The van der Waals surface area contributed by atoms with Gasteiger partial charge in [-0.3, -0.25) is 9.67 Å². The molecule has 0 amide bonds. The van der Waals surface area contributed by atoms with Crippen LogP contribution in [0.1, 0.15) is 0 Å².